The zero-order valence-electron chi connectivity index (χ0n) is 12.7. The number of carbonyl (C=O) groups excluding carboxylic acids is 1. The second-order valence-corrected chi connectivity index (χ2v) is 6.47. The molecule has 0 radical (unpaired) electrons. The van der Waals surface area contributed by atoms with E-state index in [1.165, 1.54) is 28.8 Å². The lowest BCUT2D eigenvalue weighted by Crippen LogP contribution is -2.14. The van der Waals surface area contributed by atoms with Crippen molar-refractivity contribution in [1.29, 1.82) is 0 Å². The Kier molecular flexibility index (Phi) is 4.17. The number of hydrogen-bond acceptors (Lipinski definition) is 6. The number of sulfonamides is 1. The Hall–Kier alpha value is -2.94. The van der Waals surface area contributed by atoms with Gasteiger partial charge in [-0.05, 0) is 43.3 Å². The molecule has 2 heterocycles. The predicted octanol–water partition coefficient (Wildman–Crippen LogP) is 1.71. The summed E-state index contributed by atoms with van der Waals surface area (Å²) in [6.45, 7) is 1.95. The van der Waals surface area contributed by atoms with E-state index in [1.807, 2.05) is 0 Å². The molecule has 0 spiro atoms. The van der Waals surface area contributed by atoms with E-state index in [9.17, 15) is 13.2 Å². The topological polar surface area (TPSA) is 103 Å². The van der Waals surface area contributed by atoms with Crippen molar-refractivity contribution in [3.8, 4) is 0 Å². The van der Waals surface area contributed by atoms with Crippen molar-refractivity contribution < 1.29 is 17.9 Å². The average molecular weight is 346 g/mol. The third-order valence-corrected chi connectivity index (χ3v) is 4.49. The maximum Gasteiger partial charge on any atom is 0.338 e. The molecule has 0 atom stereocenters. The van der Waals surface area contributed by atoms with Crippen LogP contribution in [0.15, 0.2) is 53.6 Å². The number of carbonyl (C=O) groups is 1. The Morgan fingerprint density at radius 1 is 1.21 bits per heavy atom. The molecular weight excluding hydrogens is 332 g/mol. The zero-order valence-corrected chi connectivity index (χ0v) is 13.5. The Bertz CT molecular complexity index is 947. The van der Waals surface area contributed by atoms with Gasteiger partial charge in [0.05, 0.1) is 17.1 Å². The average Bonchev–Trinajstić information content (AvgIpc) is 2.96. The normalized spacial score (nSPS) is 11.4. The first-order chi connectivity index (χ1) is 11.5. The third-order valence-electron chi connectivity index (χ3n) is 3.14. The van der Waals surface area contributed by atoms with Crippen LogP contribution in [0.25, 0.3) is 5.65 Å². The van der Waals surface area contributed by atoms with Crippen LogP contribution >= 0.6 is 0 Å². The number of nitrogens with one attached hydrogen (secondary N) is 1. The number of nitrogens with zero attached hydrogens (tertiary/aromatic N) is 3. The summed E-state index contributed by atoms with van der Waals surface area (Å²) in [4.78, 5) is 15.7. The smallest absolute Gasteiger partial charge is 0.338 e. The molecule has 124 valence electrons. The van der Waals surface area contributed by atoms with Crippen molar-refractivity contribution >= 4 is 27.6 Å². The van der Waals surface area contributed by atoms with Gasteiger partial charge in [0.2, 0.25) is 0 Å². The van der Waals surface area contributed by atoms with Crippen molar-refractivity contribution in [3.63, 3.8) is 0 Å². The molecule has 3 aromatic rings. The fourth-order valence-corrected chi connectivity index (χ4v) is 2.98. The number of fused-ring (bicyclic) bond motifs is 1. The highest BCUT2D eigenvalue weighted by molar-refractivity contribution is 7.92. The van der Waals surface area contributed by atoms with Crippen LogP contribution in [-0.4, -0.2) is 35.6 Å². The summed E-state index contributed by atoms with van der Waals surface area (Å²) in [5.74, 6) is -0.535. The van der Waals surface area contributed by atoms with Crippen LogP contribution in [0.1, 0.15) is 17.3 Å². The van der Waals surface area contributed by atoms with E-state index in [4.69, 9.17) is 4.74 Å². The Morgan fingerprint density at radius 2 is 1.96 bits per heavy atom. The van der Waals surface area contributed by atoms with Gasteiger partial charge in [-0.3, -0.25) is 0 Å². The van der Waals surface area contributed by atoms with Gasteiger partial charge < -0.3 is 4.74 Å². The molecule has 0 unspecified atom stereocenters. The molecule has 0 aliphatic rings. The summed E-state index contributed by atoms with van der Waals surface area (Å²) in [6.07, 6.45) is 1.66. The van der Waals surface area contributed by atoms with Gasteiger partial charge >= 0.3 is 5.97 Å². The molecule has 0 bridgehead atoms. The van der Waals surface area contributed by atoms with E-state index in [2.05, 4.69) is 14.8 Å². The van der Waals surface area contributed by atoms with Gasteiger partial charge in [0.15, 0.2) is 5.65 Å². The van der Waals surface area contributed by atoms with Crippen LogP contribution in [-0.2, 0) is 14.8 Å². The van der Waals surface area contributed by atoms with E-state index >= 15 is 0 Å². The van der Waals surface area contributed by atoms with Crippen molar-refractivity contribution in [3.05, 3.63) is 54.2 Å². The standard InChI is InChI=1S/C15H14N4O4S/c1-2-23-14(20)11-6-8-12(9-7-11)24(21,22)18-15-16-13-5-3-4-10-19(13)17-15/h3-10H,2H2,1H3,(H,17,18). The molecule has 24 heavy (non-hydrogen) atoms. The number of benzene rings is 1. The second-order valence-electron chi connectivity index (χ2n) is 4.79. The first-order valence-corrected chi connectivity index (χ1v) is 8.59. The van der Waals surface area contributed by atoms with Gasteiger partial charge in [0.25, 0.3) is 16.0 Å². The molecule has 1 aromatic carbocycles. The van der Waals surface area contributed by atoms with Crippen LogP contribution < -0.4 is 4.72 Å². The minimum absolute atomic E-state index is 0.00518. The largest absolute Gasteiger partial charge is 0.462 e. The number of anilines is 1. The van der Waals surface area contributed by atoms with E-state index < -0.39 is 16.0 Å². The van der Waals surface area contributed by atoms with Gasteiger partial charge in [0.1, 0.15) is 0 Å². The van der Waals surface area contributed by atoms with Gasteiger partial charge in [-0.1, -0.05) is 6.07 Å². The summed E-state index contributed by atoms with van der Waals surface area (Å²) in [6, 6.07) is 10.7. The van der Waals surface area contributed by atoms with E-state index in [-0.39, 0.29) is 23.0 Å². The molecule has 0 aliphatic carbocycles. The van der Waals surface area contributed by atoms with E-state index in [0.717, 1.165) is 0 Å². The molecular formula is C15H14N4O4S. The number of hydrogen-bond donors (Lipinski definition) is 1. The lowest BCUT2D eigenvalue weighted by molar-refractivity contribution is 0.0526. The quantitative estimate of drug-likeness (QED) is 0.706. The molecule has 8 nitrogen and oxygen atoms in total. The summed E-state index contributed by atoms with van der Waals surface area (Å²) >= 11 is 0. The van der Waals surface area contributed by atoms with Crippen molar-refractivity contribution in [1.82, 2.24) is 14.6 Å². The fraction of sp³-hybridized carbons (Fsp3) is 0.133. The van der Waals surface area contributed by atoms with Gasteiger partial charge in [-0.15, -0.1) is 5.10 Å². The minimum Gasteiger partial charge on any atom is -0.462 e. The lowest BCUT2D eigenvalue weighted by atomic mass is 10.2. The maximum atomic E-state index is 12.4. The number of ether oxygens (including phenoxy) is 1. The van der Waals surface area contributed by atoms with Gasteiger partial charge in [0, 0.05) is 6.20 Å². The number of aromatic nitrogens is 3. The summed E-state index contributed by atoms with van der Waals surface area (Å²) in [5, 5.41) is 4.03. The highest BCUT2D eigenvalue weighted by atomic mass is 32.2. The van der Waals surface area contributed by atoms with Crippen LogP contribution in [0.4, 0.5) is 5.95 Å². The zero-order chi connectivity index (χ0) is 17.2. The fourth-order valence-electron chi connectivity index (χ4n) is 2.04. The van der Waals surface area contributed by atoms with Crippen LogP contribution in [0.5, 0.6) is 0 Å². The van der Waals surface area contributed by atoms with Gasteiger partial charge in [-0.2, -0.15) is 4.98 Å². The first-order valence-electron chi connectivity index (χ1n) is 7.11. The molecule has 0 aliphatic heterocycles. The Morgan fingerprint density at radius 3 is 2.62 bits per heavy atom. The molecule has 0 fully saturated rings. The third kappa shape index (κ3) is 3.20. The molecule has 0 saturated carbocycles. The van der Waals surface area contributed by atoms with E-state index in [1.54, 1.807) is 31.3 Å². The molecule has 1 N–H and O–H groups in total. The van der Waals surface area contributed by atoms with Crippen LogP contribution in [0.3, 0.4) is 0 Å². The molecule has 2 aromatic heterocycles. The summed E-state index contributed by atoms with van der Waals surface area (Å²) < 4.78 is 33.4. The summed E-state index contributed by atoms with van der Waals surface area (Å²) in [5.41, 5.74) is 0.800. The van der Waals surface area contributed by atoms with E-state index in [0.29, 0.717) is 5.65 Å². The maximum absolute atomic E-state index is 12.4. The minimum atomic E-state index is -3.86. The highest BCUT2D eigenvalue weighted by Gasteiger charge is 2.18. The Balaban J connectivity index is 1.83. The molecule has 3 rings (SSSR count). The Labute approximate surface area is 138 Å². The van der Waals surface area contributed by atoms with Crippen molar-refractivity contribution in [2.24, 2.45) is 0 Å². The van der Waals surface area contributed by atoms with Crippen LogP contribution in [0, 0.1) is 0 Å². The number of esters is 1. The lowest BCUT2D eigenvalue weighted by Gasteiger charge is -2.06. The molecule has 9 heteroatoms. The highest BCUT2D eigenvalue weighted by Crippen LogP contribution is 2.15. The summed E-state index contributed by atoms with van der Waals surface area (Å²) in [7, 11) is -3.86. The predicted molar refractivity (Wildman–Crippen MR) is 86.2 cm³/mol. The van der Waals surface area contributed by atoms with Crippen LogP contribution in [0.2, 0.25) is 0 Å². The second kappa shape index (κ2) is 6.28. The molecule has 0 saturated heterocycles. The molecule has 0 amide bonds. The first kappa shape index (κ1) is 15.9. The number of pyridine rings is 1. The monoisotopic (exact) mass is 346 g/mol. The number of rotatable bonds is 5. The van der Waals surface area contributed by atoms with Crippen molar-refractivity contribution in [2.75, 3.05) is 11.3 Å². The van der Waals surface area contributed by atoms with Crippen molar-refractivity contribution in [2.45, 2.75) is 11.8 Å². The van der Waals surface area contributed by atoms with Gasteiger partial charge in [-0.25, -0.2) is 22.4 Å². The SMILES string of the molecule is CCOC(=O)c1ccc(S(=O)(=O)Nc2nc3ccccn3n2)cc1.